The van der Waals surface area contributed by atoms with Gasteiger partial charge >= 0.3 is 0 Å². The second-order valence-electron chi connectivity index (χ2n) is 6.80. The molecule has 3 rings (SSSR count). The second-order valence-corrected chi connectivity index (χ2v) is 6.80. The normalized spacial score (nSPS) is 15.4. The van der Waals surface area contributed by atoms with Crippen molar-refractivity contribution in [1.82, 2.24) is 15.5 Å². The number of nitrogens with one attached hydrogen (secondary N) is 2. The summed E-state index contributed by atoms with van der Waals surface area (Å²) in [5.74, 6) is 0.463. The van der Waals surface area contributed by atoms with Crippen molar-refractivity contribution in [2.75, 3.05) is 32.8 Å². The van der Waals surface area contributed by atoms with Gasteiger partial charge in [0, 0.05) is 38.3 Å². The van der Waals surface area contributed by atoms with Gasteiger partial charge < -0.3 is 15.4 Å². The van der Waals surface area contributed by atoms with Gasteiger partial charge in [-0.25, -0.2) is 9.38 Å². The molecule has 28 heavy (non-hydrogen) atoms. The van der Waals surface area contributed by atoms with Crippen LogP contribution in [-0.2, 0) is 24.4 Å². The first-order valence-electron chi connectivity index (χ1n) is 9.88. The molecular weight excluding hydrogens is 355 g/mol. The summed E-state index contributed by atoms with van der Waals surface area (Å²) in [6, 6.07) is 15.2. The van der Waals surface area contributed by atoms with Crippen molar-refractivity contribution >= 4 is 5.96 Å². The van der Waals surface area contributed by atoms with Crippen LogP contribution in [0.3, 0.4) is 0 Å². The quantitative estimate of drug-likeness (QED) is 0.569. The van der Waals surface area contributed by atoms with E-state index in [0.29, 0.717) is 24.6 Å². The highest BCUT2D eigenvalue weighted by atomic mass is 19.1. The number of benzene rings is 2. The van der Waals surface area contributed by atoms with Gasteiger partial charge in [0.1, 0.15) is 5.82 Å². The lowest BCUT2D eigenvalue weighted by molar-refractivity contribution is 0.0341. The number of aliphatic imine (C=N–C) groups is 1. The van der Waals surface area contributed by atoms with Crippen molar-refractivity contribution in [3.63, 3.8) is 0 Å². The molecule has 1 fully saturated rings. The van der Waals surface area contributed by atoms with Gasteiger partial charge in [0.05, 0.1) is 19.8 Å². The fraction of sp³-hybridized carbons (Fsp3) is 0.409. The molecule has 2 aromatic rings. The van der Waals surface area contributed by atoms with E-state index in [1.807, 2.05) is 13.0 Å². The Morgan fingerprint density at radius 1 is 1.00 bits per heavy atom. The molecule has 1 saturated heterocycles. The van der Waals surface area contributed by atoms with Crippen LogP contribution in [0.1, 0.15) is 23.6 Å². The lowest BCUT2D eigenvalue weighted by Gasteiger charge is -2.27. The van der Waals surface area contributed by atoms with Crippen LogP contribution in [0.25, 0.3) is 0 Å². The Hall–Kier alpha value is -2.44. The molecule has 0 unspecified atom stereocenters. The number of guanidine groups is 1. The minimum absolute atomic E-state index is 0.224. The van der Waals surface area contributed by atoms with Crippen molar-refractivity contribution in [3.8, 4) is 0 Å². The summed E-state index contributed by atoms with van der Waals surface area (Å²) in [5, 5.41) is 6.61. The summed E-state index contributed by atoms with van der Waals surface area (Å²) in [6.45, 7) is 8.20. The molecule has 0 radical (unpaired) electrons. The molecule has 0 saturated carbocycles. The third kappa shape index (κ3) is 6.04. The van der Waals surface area contributed by atoms with Gasteiger partial charge in [-0.2, -0.15) is 0 Å². The lowest BCUT2D eigenvalue weighted by Crippen LogP contribution is -2.38. The predicted molar refractivity (Wildman–Crippen MR) is 111 cm³/mol. The minimum Gasteiger partial charge on any atom is -0.379 e. The average Bonchev–Trinajstić information content (AvgIpc) is 2.73. The average molecular weight is 384 g/mol. The second kappa shape index (κ2) is 10.8. The molecule has 0 spiro atoms. The van der Waals surface area contributed by atoms with E-state index in [9.17, 15) is 4.39 Å². The molecule has 1 heterocycles. The van der Waals surface area contributed by atoms with Gasteiger partial charge in [0.15, 0.2) is 5.96 Å². The molecule has 0 amide bonds. The monoisotopic (exact) mass is 384 g/mol. The Morgan fingerprint density at radius 2 is 1.68 bits per heavy atom. The zero-order valence-electron chi connectivity index (χ0n) is 16.5. The number of ether oxygens (including phenoxy) is 1. The number of halogens is 1. The van der Waals surface area contributed by atoms with Crippen LogP contribution in [-0.4, -0.2) is 43.7 Å². The Balaban J connectivity index is 1.63. The van der Waals surface area contributed by atoms with E-state index in [4.69, 9.17) is 4.74 Å². The molecule has 1 aliphatic heterocycles. The van der Waals surface area contributed by atoms with E-state index in [1.54, 1.807) is 12.1 Å². The first-order valence-corrected chi connectivity index (χ1v) is 9.88. The topological polar surface area (TPSA) is 48.9 Å². The number of nitrogens with zero attached hydrogens (tertiary/aromatic N) is 2. The van der Waals surface area contributed by atoms with Gasteiger partial charge in [-0.15, -0.1) is 0 Å². The maximum Gasteiger partial charge on any atom is 0.191 e. The smallest absolute Gasteiger partial charge is 0.191 e. The summed E-state index contributed by atoms with van der Waals surface area (Å²) < 4.78 is 19.3. The zero-order valence-corrected chi connectivity index (χ0v) is 16.5. The van der Waals surface area contributed by atoms with Crippen molar-refractivity contribution in [3.05, 3.63) is 71.0 Å². The summed E-state index contributed by atoms with van der Waals surface area (Å²) >= 11 is 0. The largest absolute Gasteiger partial charge is 0.379 e. The van der Waals surface area contributed by atoms with Crippen LogP contribution < -0.4 is 10.6 Å². The van der Waals surface area contributed by atoms with Gasteiger partial charge in [-0.05, 0) is 24.1 Å². The van der Waals surface area contributed by atoms with Gasteiger partial charge in [-0.1, -0.05) is 42.5 Å². The molecular formula is C22H29FN4O. The van der Waals surface area contributed by atoms with Crippen LogP contribution in [0.5, 0.6) is 0 Å². The molecule has 2 aromatic carbocycles. The van der Waals surface area contributed by atoms with Crippen LogP contribution in [0.15, 0.2) is 53.5 Å². The van der Waals surface area contributed by atoms with Crippen molar-refractivity contribution in [2.45, 2.75) is 26.6 Å². The summed E-state index contributed by atoms with van der Waals surface area (Å²) in [6.07, 6.45) is 0. The van der Waals surface area contributed by atoms with Crippen molar-refractivity contribution in [1.29, 1.82) is 0 Å². The zero-order chi connectivity index (χ0) is 19.6. The maximum atomic E-state index is 13.8. The van der Waals surface area contributed by atoms with E-state index < -0.39 is 0 Å². The van der Waals surface area contributed by atoms with Crippen molar-refractivity contribution in [2.24, 2.45) is 4.99 Å². The van der Waals surface area contributed by atoms with Gasteiger partial charge in [0.2, 0.25) is 0 Å². The first kappa shape index (κ1) is 20.3. The first-order chi connectivity index (χ1) is 13.8. The van der Waals surface area contributed by atoms with E-state index >= 15 is 0 Å². The van der Waals surface area contributed by atoms with E-state index in [-0.39, 0.29) is 5.82 Å². The van der Waals surface area contributed by atoms with Gasteiger partial charge in [0.25, 0.3) is 0 Å². The van der Waals surface area contributed by atoms with E-state index in [2.05, 4.69) is 44.8 Å². The van der Waals surface area contributed by atoms with E-state index in [0.717, 1.165) is 39.4 Å². The summed E-state index contributed by atoms with van der Waals surface area (Å²) in [7, 11) is 0. The molecule has 0 bridgehead atoms. The predicted octanol–water partition coefficient (Wildman–Crippen LogP) is 2.91. The number of hydrogen-bond acceptors (Lipinski definition) is 3. The summed E-state index contributed by atoms with van der Waals surface area (Å²) in [4.78, 5) is 6.95. The molecule has 5 nitrogen and oxygen atoms in total. The number of hydrogen-bond donors (Lipinski definition) is 2. The highest BCUT2D eigenvalue weighted by Gasteiger charge is 2.12. The molecule has 0 aromatic heterocycles. The highest BCUT2D eigenvalue weighted by Crippen LogP contribution is 2.13. The SMILES string of the molecule is CCNC(=NCc1ccccc1F)NCc1ccccc1CN1CCOCC1. The highest BCUT2D eigenvalue weighted by molar-refractivity contribution is 5.79. The van der Waals surface area contributed by atoms with E-state index in [1.165, 1.54) is 17.2 Å². The van der Waals surface area contributed by atoms with Gasteiger partial charge in [-0.3, -0.25) is 4.90 Å². The molecule has 2 N–H and O–H groups in total. The van der Waals surface area contributed by atoms with Crippen LogP contribution in [0.4, 0.5) is 4.39 Å². The Bertz CT molecular complexity index is 775. The Kier molecular flexibility index (Phi) is 7.82. The minimum atomic E-state index is -0.224. The molecule has 150 valence electrons. The third-order valence-electron chi connectivity index (χ3n) is 4.77. The molecule has 0 atom stereocenters. The lowest BCUT2D eigenvalue weighted by atomic mass is 10.1. The van der Waals surface area contributed by atoms with Crippen molar-refractivity contribution < 1.29 is 9.13 Å². The molecule has 6 heteroatoms. The Morgan fingerprint density at radius 3 is 2.39 bits per heavy atom. The molecule has 1 aliphatic rings. The fourth-order valence-electron chi connectivity index (χ4n) is 3.20. The van der Waals surface area contributed by atoms with Crippen LogP contribution >= 0.6 is 0 Å². The Labute approximate surface area is 166 Å². The summed E-state index contributed by atoms with van der Waals surface area (Å²) in [5.41, 5.74) is 3.14. The standard InChI is InChI=1S/C22H29FN4O/c1-2-24-22(26-16-19-8-5-6-10-21(19)23)25-15-18-7-3-4-9-20(18)17-27-11-13-28-14-12-27/h3-10H,2,11-17H2,1H3,(H2,24,25,26). The fourth-order valence-corrected chi connectivity index (χ4v) is 3.20. The van der Waals surface area contributed by atoms with Crippen LogP contribution in [0, 0.1) is 5.82 Å². The van der Waals surface area contributed by atoms with Crippen LogP contribution in [0.2, 0.25) is 0 Å². The third-order valence-corrected chi connectivity index (χ3v) is 4.77. The maximum absolute atomic E-state index is 13.8. The molecule has 0 aliphatic carbocycles. The number of rotatable bonds is 7. The number of morpholine rings is 1.